The zero-order valence-corrected chi connectivity index (χ0v) is 15.1. The quantitative estimate of drug-likeness (QED) is 0.530. The molecule has 0 bridgehead atoms. The monoisotopic (exact) mass is 325 g/mol. The average molecular weight is 325 g/mol. The number of hydrogen-bond acceptors (Lipinski definition) is 1. The third kappa shape index (κ3) is 1.84. The van der Waals surface area contributed by atoms with Gasteiger partial charge in [-0.25, -0.2) is 0 Å². The Balaban J connectivity index is 1.93. The Labute approximate surface area is 149 Å². The maximum atomic E-state index is 2.42. The van der Waals surface area contributed by atoms with Gasteiger partial charge in [0.1, 0.15) is 0 Å². The van der Waals surface area contributed by atoms with Crippen molar-refractivity contribution in [2.45, 2.75) is 25.7 Å². The van der Waals surface area contributed by atoms with Crippen molar-refractivity contribution in [1.82, 2.24) is 0 Å². The van der Waals surface area contributed by atoms with E-state index in [4.69, 9.17) is 0 Å². The third-order valence-corrected chi connectivity index (χ3v) is 6.16. The van der Waals surface area contributed by atoms with E-state index < -0.39 is 0 Å². The molecule has 25 heavy (non-hydrogen) atoms. The van der Waals surface area contributed by atoms with Gasteiger partial charge in [-0.05, 0) is 54.2 Å². The maximum Gasteiger partial charge on any atom is 0.0501 e. The lowest BCUT2D eigenvalue weighted by atomic mass is 9.67. The molecule has 0 fully saturated rings. The SMILES string of the molecule is Cc1ccc2c(c1)C1(CCN(C)c3ccccc31)c1cc(C)ccc1-2. The fourth-order valence-electron chi connectivity index (χ4n) is 4.95. The molecule has 0 unspecified atom stereocenters. The summed E-state index contributed by atoms with van der Waals surface area (Å²) in [5.74, 6) is 0. The first-order chi connectivity index (χ1) is 12.1. The van der Waals surface area contributed by atoms with Gasteiger partial charge in [-0.1, -0.05) is 65.7 Å². The zero-order valence-electron chi connectivity index (χ0n) is 15.1. The molecule has 1 heterocycles. The van der Waals surface area contributed by atoms with Crippen LogP contribution in [0.5, 0.6) is 0 Å². The molecule has 0 N–H and O–H groups in total. The first-order valence-corrected chi connectivity index (χ1v) is 9.14. The molecule has 1 aliphatic heterocycles. The Kier molecular flexibility index (Phi) is 2.94. The Bertz CT molecular complexity index is 947. The van der Waals surface area contributed by atoms with Crippen LogP contribution in [0.3, 0.4) is 0 Å². The highest BCUT2D eigenvalue weighted by Crippen LogP contribution is 2.58. The summed E-state index contributed by atoms with van der Waals surface area (Å²) in [6, 6.07) is 23.0. The van der Waals surface area contributed by atoms with Crippen LogP contribution in [0.1, 0.15) is 34.2 Å². The maximum absolute atomic E-state index is 2.42. The molecule has 1 heteroatoms. The number of nitrogens with zero attached hydrogens (tertiary/aromatic N) is 1. The van der Waals surface area contributed by atoms with Gasteiger partial charge < -0.3 is 4.90 Å². The second-order valence-corrected chi connectivity index (χ2v) is 7.69. The van der Waals surface area contributed by atoms with Gasteiger partial charge in [-0.15, -0.1) is 0 Å². The summed E-state index contributed by atoms with van der Waals surface area (Å²) in [6.07, 6.45) is 1.13. The van der Waals surface area contributed by atoms with Gasteiger partial charge in [0.25, 0.3) is 0 Å². The largest absolute Gasteiger partial charge is 0.374 e. The summed E-state index contributed by atoms with van der Waals surface area (Å²) >= 11 is 0. The number of para-hydroxylation sites is 1. The van der Waals surface area contributed by atoms with Crippen LogP contribution in [0.25, 0.3) is 11.1 Å². The van der Waals surface area contributed by atoms with E-state index in [1.807, 2.05) is 0 Å². The molecule has 1 nitrogen and oxygen atoms in total. The van der Waals surface area contributed by atoms with Gasteiger partial charge >= 0.3 is 0 Å². The molecule has 124 valence electrons. The second kappa shape index (κ2) is 4.98. The summed E-state index contributed by atoms with van der Waals surface area (Å²) in [4.78, 5) is 2.41. The van der Waals surface area contributed by atoms with Gasteiger partial charge in [0.2, 0.25) is 0 Å². The molecular formula is C24H23N. The van der Waals surface area contributed by atoms with E-state index in [9.17, 15) is 0 Å². The van der Waals surface area contributed by atoms with Crippen LogP contribution < -0.4 is 4.90 Å². The lowest BCUT2D eigenvalue weighted by Gasteiger charge is -2.42. The summed E-state index contributed by atoms with van der Waals surface area (Å²) in [5, 5.41) is 0. The lowest BCUT2D eigenvalue weighted by Crippen LogP contribution is -2.39. The molecular weight excluding hydrogens is 302 g/mol. The van der Waals surface area contributed by atoms with Crippen molar-refractivity contribution in [2.24, 2.45) is 0 Å². The van der Waals surface area contributed by atoms with Gasteiger partial charge in [0.05, 0.1) is 5.41 Å². The van der Waals surface area contributed by atoms with Crippen molar-refractivity contribution in [3.63, 3.8) is 0 Å². The molecule has 1 aliphatic carbocycles. The zero-order chi connectivity index (χ0) is 17.2. The standard InChI is InChI=1S/C24H23N/c1-16-8-10-18-19-11-9-17(2)15-22(19)24(21(18)14-16)12-13-25(3)23-7-5-4-6-20(23)24/h4-11,14-15H,12-13H2,1-3H3. The molecule has 0 saturated carbocycles. The molecule has 0 aromatic heterocycles. The molecule has 0 amide bonds. The van der Waals surface area contributed by atoms with E-state index in [1.54, 1.807) is 0 Å². The van der Waals surface area contributed by atoms with E-state index in [-0.39, 0.29) is 5.41 Å². The van der Waals surface area contributed by atoms with Crippen molar-refractivity contribution < 1.29 is 0 Å². The van der Waals surface area contributed by atoms with E-state index >= 15 is 0 Å². The van der Waals surface area contributed by atoms with E-state index in [1.165, 1.54) is 44.6 Å². The second-order valence-electron chi connectivity index (χ2n) is 7.69. The van der Waals surface area contributed by atoms with E-state index in [0.29, 0.717) is 0 Å². The first kappa shape index (κ1) is 14.8. The summed E-state index contributed by atoms with van der Waals surface area (Å²) in [5.41, 5.74) is 11.3. The predicted molar refractivity (Wildman–Crippen MR) is 106 cm³/mol. The Hall–Kier alpha value is -2.54. The number of rotatable bonds is 0. The highest BCUT2D eigenvalue weighted by Gasteiger charge is 2.47. The summed E-state index contributed by atoms with van der Waals surface area (Å²) < 4.78 is 0. The van der Waals surface area contributed by atoms with Crippen LogP contribution in [0.4, 0.5) is 5.69 Å². The normalized spacial score (nSPS) is 16.5. The third-order valence-electron chi connectivity index (χ3n) is 6.16. The highest BCUT2D eigenvalue weighted by molar-refractivity contribution is 5.86. The molecule has 3 aromatic carbocycles. The number of fused-ring (bicyclic) bond motifs is 7. The molecule has 0 atom stereocenters. The van der Waals surface area contributed by atoms with Gasteiger partial charge in [-0.2, -0.15) is 0 Å². The van der Waals surface area contributed by atoms with Crippen LogP contribution in [0.15, 0.2) is 60.7 Å². The molecule has 0 radical (unpaired) electrons. The highest BCUT2D eigenvalue weighted by atomic mass is 15.1. The molecule has 3 aromatic rings. The predicted octanol–water partition coefficient (Wildman–Crippen LogP) is 5.46. The number of benzene rings is 3. The van der Waals surface area contributed by atoms with Crippen molar-refractivity contribution in [3.05, 3.63) is 88.5 Å². The average Bonchev–Trinajstić information content (AvgIpc) is 2.88. The Morgan fingerprint density at radius 3 is 2.00 bits per heavy atom. The topological polar surface area (TPSA) is 3.24 Å². The fraction of sp³-hybridized carbons (Fsp3) is 0.250. The molecule has 1 spiro atoms. The van der Waals surface area contributed by atoms with Crippen molar-refractivity contribution in [2.75, 3.05) is 18.5 Å². The van der Waals surface area contributed by atoms with Gasteiger partial charge in [-0.3, -0.25) is 0 Å². The molecule has 2 aliphatic rings. The van der Waals surface area contributed by atoms with Gasteiger partial charge in [0, 0.05) is 19.3 Å². The minimum absolute atomic E-state index is 0.00813. The van der Waals surface area contributed by atoms with Crippen LogP contribution in [0.2, 0.25) is 0 Å². The molecule has 0 saturated heterocycles. The lowest BCUT2D eigenvalue weighted by molar-refractivity contribution is 0.545. The fourth-order valence-corrected chi connectivity index (χ4v) is 4.95. The number of aryl methyl sites for hydroxylation is 2. The van der Waals surface area contributed by atoms with E-state index in [2.05, 4.69) is 86.5 Å². The number of hydrogen-bond donors (Lipinski definition) is 0. The summed E-state index contributed by atoms with van der Waals surface area (Å²) in [6.45, 7) is 5.50. The first-order valence-electron chi connectivity index (χ1n) is 9.14. The Morgan fingerprint density at radius 2 is 1.36 bits per heavy atom. The molecule has 5 rings (SSSR count). The van der Waals surface area contributed by atoms with Crippen LogP contribution in [-0.2, 0) is 5.41 Å². The van der Waals surface area contributed by atoms with E-state index in [0.717, 1.165) is 13.0 Å². The van der Waals surface area contributed by atoms with Crippen LogP contribution >= 0.6 is 0 Å². The van der Waals surface area contributed by atoms with Crippen LogP contribution in [0, 0.1) is 13.8 Å². The van der Waals surface area contributed by atoms with Crippen molar-refractivity contribution >= 4 is 5.69 Å². The minimum Gasteiger partial charge on any atom is -0.374 e. The smallest absolute Gasteiger partial charge is 0.0501 e. The van der Waals surface area contributed by atoms with Crippen molar-refractivity contribution in [3.8, 4) is 11.1 Å². The minimum atomic E-state index is -0.00813. The van der Waals surface area contributed by atoms with Crippen LogP contribution in [-0.4, -0.2) is 13.6 Å². The Morgan fingerprint density at radius 1 is 0.760 bits per heavy atom. The van der Waals surface area contributed by atoms with Gasteiger partial charge in [0.15, 0.2) is 0 Å². The summed E-state index contributed by atoms with van der Waals surface area (Å²) in [7, 11) is 2.22. The van der Waals surface area contributed by atoms with Crippen molar-refractivity contribution in [1.29, 1.82) is 0 Å². The number of anilines is 1.